The van der Waals surface area contributed by atoms with Crippen LogP contribution >= 0.6 is 0 Å². The molecule has 1 atom stereocenters. The summed E-state index contributed by atoms with van der Waals surface area (Å²) < 4.78 is 7.66. The number of hydrogen-bond donors (Lipinski definition) is 1. The molecule has 0 radical (unpaired) electrons. The van der Waals surface area contributed by atoms with Crippen molar-refractivity contribution in [2.75, 3.05) is 40.3 Å². The number of urea groups is 1. The number of aromatic nitrogens is 2. The van der Waals surface area contributed by atoms with Crippen LogP contribution in [0.4, 0.5) is 4.79 Å². The van der Waals surface area contributed by atoms with E-state index < -0.39 is 0 Å². The summed E-state index contributed by atoms with van der Waals surface area (Å²) >= 11 is 0. The van der Waals surface area contributed by atoms with E-state index in [-0.39, 0.29) is 18.0 Å². The summed E-state index contributed by atoms with van der Waals surface area (Å²) in [6.07, 6.45) is 0.305. The van der Waals surface area contributed by atoms with E-state index in [0.717, 1.165) is 24.5 Å². The highest BCUT2D eigenvalue weighted by Crippen LogP contribution is 2.15. The Balaban J connectivity index is 1.48. The van der Waals surface area contributed by atoms with Gasteiger partial charge in [-0.05, 0) is 19.9 Å². The van der Waals surface area contributed by atoms with Gasteiger partial charge in [0.05, 0.1) is 50.2 Å². The first-order valence-corrected chi connectivity index (χ1v) is 9.97. The molecule has 0 spiro atoms. The van der Waals surface area contributed by atoms with Crippen molar-refractivity contribution in [2.24, 2.45) is 0 Å². The van der Waals surface area contributed by atoms with Gasteiger partial charge in [-0.15, -0.1) is 0 Å². The fourth-order valence-electron chi connectivity index (χ4n) is 3.66. The van der Waals surface area contributed by atoms with Crippen molar-refractivity contribution >= 4 is 11.9 Å². The maximum absolute atomic E-state index is 12.3. The molecule has 2 aliphatic rings. The third kappa shape index (κ3) is 5.02. The minimum Gasteiger partial charge on any atom is -0.375 e. The maximum atomic E-state index is 12.3. The Hall–Kier alpha value is -2.13. The molecule has 9 nitrogen and oxygen atoms in total. The number of carbonyl (C=O) groups is 2. The van der Waals surface area contributed by atoms with Crippen molar-refractivity contribution in [2.45, 2.75) is 52.0 Å². The van der Waals surface area contributed by atoms with E-state index in [1.165, 1.54) is 0 Å². The molecule has 0 bridgehead atoms. The van der Waals surface area contributed by atoms with E-state index in [2.05, 4.69) is 29.2 Å². The van der Waals surface area contributed by atoms with E-state index in [9.17, 15) is 9.59 Å². The van der Waals surface area contributed by atoms with Gasteiger partial charge in [0, 0.05) is 39.8 Å². The van der Waals surface area contributed by atoms with Gasteiger partial charge in [0.2, 0.25) is 5.91 Å². The summed E-state index contributed by atoms with van der Waals surface area (Å²) in [4.78, 5) is 30.2. The van der Waals surface area contributed by atoms with Crippen LogP contribution in [0.5, 0.6) is 0 Å². The molecule has 1 N–H and O–H groups in total. The monoisotopic (exact) mass is 392 g/mol. The first kappa shape index (κ1) is 20.6. The predicted molar refractivity (Wildman–Crippen MR) is 105 cm³/mol. The third-order valence-electron chi connectivity index (χ3n) is 5.28. The lowest BCUT2D eigenvalue weighted by Crippen LogP contribution is -2.47. The molecule has 9 heteroatoms. The second kappa shape index (κ2) is 8.91. The molecule has 28 heavy (non-hydrogen) atoms. The highest BCUT2D eigenvalue weighted by molar-refractivity contribution is 5.76. The van der Waals surface area contributed by atoms with Gasteiger partial charge >= 0.3 is 6.03 Å². The lowest BCUT2D eigenvalue weighted by molar-refractivity contribution is -0.126. The van der Waals surface area contributed by atoms with Crippen molar-refractivity contribution in [3.63, 3.8) is 0 Å². The van der Waals surface area contributed by atoms with Crippen LogP contribution in [-0.2, 0) is 29.2 Å². The number of hydrogen-bond acceptors (Lipinski definition) is 5. The Bertz CT molecular complexity index is 702. The standard InChI is InChI=1S/C19H32N6O3/c1-14(2)23-7-8-28-17(13-23)10-18(26)20-11-15-9-16-12-24(19(27)22(3)4)5-6-25(16)21-15/h9,14,17H,5-8,10-13H2,1-4H3,(H,20,26)/t17-/m0/s1. The van der Waals surface area contributed by atoms with Crippen LogP contribution in [-0.4, -0.2) is 88.9 Å². The maximum Gasteiger partial charge on any atom is 0.319 e. The van der Waals surface area contributed by atoms with E-state index in [1.54, 1.807) is 23.9 Å². The number of morpholine rings is 1. The van der Waals surface area contributed by atoms with E-state index >= 15 is 0 Å². The van der Waals surface area contributed by atoms with Gasteiger partial charge in [-0.2, -0.15) is 5.10 Å². The Morgan fingerprint density at radius 1 is 1.32 bits per heavy atom. The van der Waals surface area contributed by atoms with Gasteiger partial charge in [0.25, 0.3) is 0 Å². The Morgan fingerprint density at radius 3 is 2.82 bits per heavy atom. The topological polar surface area (TPSA) is 82.9 Å². The zero-order valence-corrected chi connectivity index (χ0v) is 17.3. The second-order valence-corrected chi connectivity index (χ2v) is 8.01. The summed E-state index contributed by atoms with van der Waals surface area (Å²) in [6.45, 7) is 8.95. The molecule has 0 unspecified atom stereocenters. The van der Waals surface area contributed by atoms with Crippen molar-refractivity contribution in [1.29, 1.82) is 0 Å². The van der Waals surface area contributed by atoms with Crippen LogP contribution in [0.3, 0.4) is 0 Å². The van der Waals surface area contributed by atoms with Gasteiger partial charge in [0.15, 0.2) is 0 Å². The van der Waals surface area contributed by atoms with Crippen LogP contribution in [0.1, 0.15) is 31.7 Å². The zero-order valence-electron chi connectivity index (χ0n) is 17.3. The first-order chi connectivity index (χ1) is 13.3. The van der Waals surface area contributed by atoms with Crippen LogP contribution < -0.4 is 5.32 Å². The van der Waals surface area contributed by atoms with Gasteiger partial charge < -0.3 is 19.9 Å². The highest BCUT2D eigenvalue weighted by atomic mass is 16.5. The lowest BCUT2D eigenvalue weighted by Gasteiger charge is -2.35. The number of nitrogens with zero attached hydrogens (tertiary/aromatic N) is 5. The smallest absolute Gasteiger partial charge is 0.319 e. The number of fused-ring (bicyclic) bond motifs is 1. The molecule has 3 heterocycles. The number of amides is 3. The van der Waals surface area contributed by atoms with Crippen LogP contribution in [0.2, 0.25) is 0 Å². The predicted octanol–water partition coefficient (Wildman–Crippen LogP) is 0.496. The summed E-state index contributed by atoms with van der Waals surface area (Å²) in [5.74, 6) is -0.0222. The van der Waals surface area contributed by atoms with Gasteiger partial charge in [0.1, 0.15) is 0 Å². The molecule has 0 aliphatic carbocycles. The van der Waals surface area contributed by atoms with Gasteiger partial charge in [-0.25, -0.2) is 4.79 Å². The largest absolute Gasteiger partial charge is 0.375 e. The Morgan fingerprint density at radius 2 is 2.11 bits per heavy atom. The molecule has 1 fully saturated rings. The second-order valence-electron chi connectivity index (χ2n) is 8.01. The molecular weight excluding hydrogens is 360 g/mol. The molecule has 1 aromatic heterocycles. The molecule has 2 aliphatic heterocycles. The zero-order chi connectivity index (χ0) is 20.3. The van der Waals surface area contributed by atoms with Crippen molar-refractivity contribution in [3.8, 4) is 0 Å². The lowest BCUT2D eigenvalue weighted by atomic mass is 10.1. The molecule has 3 rings (SSSR count). The number of nitrogens with one attached hydrogen (secondary N) is 1. The third-order valence-corrected chi connectivity index (χ3v) is 5.28. The van der Waals surface area contributed by atoms with E-state index in [0.29, 0.717) is 45.2 Å². The van der Waals surface area contributed by atoms with Crippen molar-refractivity contribution in [1.82, 2.24) is 29.8 Å². The Labute approximate surface area is 166 Å². The van der Waals surface area contributed by atoms with E-state index in [4.69, 9.17) is 4.74 Å². The Kier molecular flexibility index (Phi) is 6.56. The van der Waals surface area contributed by atoms with Crippen LogP contribution in [0, 0.1) is 0 Å². The van der Waals surface area contributed by atoms with Crippen molar-refractivity contribution in [3.05, 3.63) is 17.5 Å². The van der Waals surface area contributed by atoms with Gasteiger partial charge in [-0.1, -0.05) is 0 Å². The summed E-state index contributed by atoms with van der Waals surface area (Å²) in [6, 6.07) is 2.43. The molecule has 1 aromatic rings. The molecule has 0 saturated carbocycles. The minimum absolute atomic E-state index is 0.00484. The summed E-state index contributed by atoms with van der Waals surface area (Å²) in [7, 11) is 3.51. The fraction of sp³-hybridized carbons (Fsp3) is 0.737. The molecular formula is C19H32N6O3. The highest BCUT2D eigenvalue weighted by Gasteiger charge is 2.25. The van der Waals surface area contributed by atoms with E-state index in [1.807, 2.05) is 10.7 Å². The molecule has 0 aromatic carbocycles. The normalized spacial score (nSPS) is 20.2. The van der Waals surface area contributed by atoms with Gasteiger partial charge in [-0.3, -0.25) is 14.4 Å². The minimum atomic E-state index is -0.0584. The number of carbonyl (C=O) groups excluding carboxylic acids is 2. The first-order valence-electron chi connectivity index (χ1n) is 9.97. The fourth-order valence-corrected chi connectivity index (χ4v) is 3.66. The average Bonchev–Trinajstić information content (AvgIpc) is 3.08. The average molecular weight is 393 g/mol. The SMILES string of the molecule is CC(C)N1CCO[C@@H](CC(=O)NCc2cc3n(n2)CCN(C(=O)N(C)C)C3)C1. The summed E-state index contributed by atoms with van der Waals surface area (Å²) in [5.41, 5.74) is 1.81. The summed E-state index contributed by atoms with van der Waals surface area (Å²) in [5, 5.41) is 7.50. The van der Waals surface area contributed by atoms with Crippen LogP contribution in [0.25, 0.3) is 0 Å². The number of ether oxygens (including phenoxy) is 1. The number of rotatable bonds is 5. The molecule has 3 amide bonds. The molecule has 156 valence electrons. The quantitative estimate of drug-likeness (QED) is 0.789. The van der Waals surface area contributed by atoms with Crippen LogP contribution in [0.15, 0.2) is 6.07 Å². The molecule has 1 saturated heterocycles. The van der Waals surface area contributed by atoms with Crippen molar-refractivity contribution < 1.29 is 14.3 Å².